The SMILES string of the molecule is Cn1cncc1C[C@H](NC(=O)C1CCCCC(=O)N1)C(=O)N1[C@@H]2CC[C@@H](C2)[C@H]1C(N)=O. The van der Waals surface area contributed by atoms with E-state index in [2.05, 4.69) is 15.6 Å². The van der Waals surface area contributed by atoms with Crippen molar-refractivity contribution in [1.82, 2.24) is 25.1 Å². The molecule has 0 aromatic carbocycles. The van der Waals surface area contributed by atoms with Gasteiger partial charge in [-0.2, -0.15) is 0 Å². The van der Waals surface area contributed by atoms with Gasteiger partial charge in [0.15, 0.2) is 0 Å². The zero-order valence-corrected chi connectivity index (χ0v) is 17.8. The van der Waals surface area contributed by atoms with Crippen LogP contribution in [0.25, 0.3) is 0 Å². The lowest BCUT2D eigenvalue weighted by molar-refractivity contribution is -0.144. The van der Waals surface area contributed by atoms with Crippen LogP contribution in [0.2, 0.25) is 0 Å². The molecule has 1 aromatic heterocycles. The minimum atomic E-state index is -0.871. The van der Waals surface area contributed by atoms with Gasteiger partial charge in [0.05, 0.1) is 6.33 Å². The van der Waals surface area contributed by atoms with E-state index >= 15 is 0 Å². The number of likely N-dealkylation sites (tertiary alicyclic amines) is 1. The van der Waals surface area contributed by atoms with Crippen LogP contribution in [-0.4, -0.2) is 62.2 Å². The van der Waals surface area contributed by atoms with Crippen molar-refractivity contribution in [2.75, 3.05) is 0 Å². The molecule has 3 aliphatic rings. The fourth-order valence-corrected chi connectivity index (χ4v) is 5.28. The van der Waals surface area contributed by atoms with Gasteiger partial charge < -0.3 is 25.8 Å². The third-order valence-electron chi connectivity index (χ3n) is 6.87. The average Bonchev–Trinajstić information content (AvgIpc) is 3.41. The minimum Gasteiger partial charge on any atom is -0.368 e. The van der Waals surface area contributed by atoms with Crippen LogP contribution in [0.4, 0.5) is 0 Å². The molecule has 0 radical (unpaired) electrons. The van der Waals surface area contributed by atoms with Crippen LogP contribution in [0, 0.1) is 5.92 Å². The maximum atomic E-state index is 13.6. The molecule has 4 amide bonds. The largest absolute Gasteiger partial charge is 0.368 e. The molecule has 1 saturated carbocycles. The number of nitrogens with two attached hydrogens (primary N) is 1. The van der Waals surface area contributed by atoms with Crippen molar-refractivity contribution in [3.05, 3.63) is 18.2 Å². The number of imidazole rings is 1. The van der Waals surface area contributed by atoms with E-state index in [0.717, 1.165) is 37.8 Å². The molecular weight excluding hydrogens is 400 g/mol. The molecule has 168 valence electrons. The van der Waals surface area contributed by atoms with Crippen molar-refractivity contribution in [2.45, 2.75) is 75.5 Å². The van der Waals surface area contributed by atoms with Gasteiger partial charge in [0.1, 0.15) is 18.1 Å². The third kappa shape index (κ3) is 4.28. The van der Waals surface area contributed by atoms with Gasteiger partial charge in [-0.3, -0.25) is 19.2 Å². The van der Waals surface area contributed by atoms with Crippen molar-refractivity contribution >= 4 is 23.6 Å². The molecule has 0 spiro atoms. The first-order valence-corrected chi connectivity index (χ1v) is 11.0. The Balaban J connectivity index is 1.56. The lowest BCUT2D eigenvalue weighted by atomic mass is 9.97. The normalized spacial score (nSPS) is 28.7. The topological polar surface area (TPSA) is 139 Å². The van der Waals surface area contributed by atoms with E-state index in [1.54, 1.807) is 22.0 Å². The Morgan fingerprint density at radius 3 is 2.81 bits per heavy atom. The molecule has 4 rings (SSSR count). The highest BCUT2D eigenvalue weighted by Gasteiger charge is 2.52. The summed E-state index contributed by atoms with van der Waals surface area (Å²) in [7, 11) is 1.82. The molecule has 1 aromatic rings. The third-order valence-corrected chi connectivity index (χ3v) is 6.87. The highest BCUT2D eigenvalue weighted by molar-refractivity contribution is 5.95. The quantitative estimate of drug-likeness (QED) is 0.551. The first kappa shape index (κ1) is 21.3. The highest BCUT2D eigenvalue weighted by atomic mass is 16.2. The Labute approximate surface area is 180 Å². The Morgan fingerprint density at radius 2 is 2.10 bits per heavy atom. The van der Waals surface area contributed by atoms with Crippen LogP contribution in [0.3, 0.4) is 0 Å². The van der Waals surface area contributed by atoms with E-state index < -0.39 is 24.0 Å². The van der Waals surface area contributed by atoms with Gasteiger partial charge in [0.2, 0.25) is 23.6 Å². The van der Waals surface area contributed by atoms with Gasteiger partial charge in [-0.25, -0.2) is 4.98 Å². The smallest absolute Gasteiger partial charge is 0.246 e. The van der Waals surface area contributed by atoms with Gasteiger partial charge in [0.25, 0.3) is 0 Å². The second-order valence-corrected chi connectivity index (χ2v) is 8.95. The summed E-state index contributed by atoms with van der Waals surface area (Å²) in [5, 5.41) is 5.61. The monoisotopic (exact) mass is 430 g/mol. The predicted molar refractivity (Wildman–Crippen MR) is 110 cm³/mol. The number of aromatic nitrogens is 2. The summed E-state index contributed by atoms with van der Waals surface area (Å²) in [6, 6.07) is -2.20. The summed E-state index contributed by atoms with van der Waals surface area (Å²) >= 11 is 0. The molecule has 10 nitrogen and oxygen atoms in total. The summed E-state index contributed by atoms with van der Waals surface area (Å²) < 4.78 is 1.79. The molecular formula is C21H30N6O4. The lowest BCUT2D eigenvalue weighted by Crippen LogP contribution is -2.59. The molecule has 2 aliphatic heterocycles. The molecule has 1 unspecified atom stereocenters. The molecule has 4 N–H and O–H groups in total. The van der Waals surface area contributed by atoms with Gasteiger partial charge in [0, 0.05) is 37.8 Å². The van der Waals surface area contributed by atoms with Crippen molar-refractivity contribution < 1.29 is 19.2 Å². The molecule has 3 heterocycles. The Bertz CT molecular complexity index is 883. The fraction of sp³-hybridized carbons (Fsp3) is 0.667. The number of aryl methyl sites for hydroxylation is 1. The number of nitrogens with one attached hydrogen (secondary N) is 2. The molecule has 1 aliphatic carbocycles. The summed E-state index contributed by atoms with van der Waals surface area (Å²) in [5.41, 5.74) is 6.42. The van der Waals surface area contributed by atoms with Crippen molar-refractivity contribution in [3.63, 3.8) is 0 Å². The first-order valence-electron chi connectivity index (χ1n) is 11.0. The number of carbonyl (C=O) groups is 4. The van der Waals surface area contributed by atoms with Crippen molar-refractivity contribution in [3.8, 4) is 0 Å². The molecule has 31 heavy (non-hydrogen) atoms. The Morgan fingerprint density at radius 1 is 1.29 bits per heavy atom. The van der Waals surface area contributed by atoms with E-state index in [9.17, 15) is 19.2 Å². The number of rotatable bonds is 6. The molecule has 10 heteroatoms. The lowest BCUT2D eigenvalue weighted by Gasteiger charge is -2.36. The second-order valence-electron chi connectivity index (χ2n) is 8.95. The maximum Gasteiger partial charge on any atom is 0.246 e. The minimum absolute atomic E-state index is 0.0291. The van der Waals surface area contributed by atoms with Crippen LogP contribution in [0.15, 0.2) is 12.5 Å². The number of primary amides is 1. The standard InChI is InChI=1S/C21H30N6O4/c1-26-11-23-10-14(26)9-16(25-20(30)15-4-2-3-5-17(28)24-15)21(31)27-13-7-6-12(8-13)18(27)19(22)29/h10-13,15-16,18H,2-9H2,1H3,(H2,22,29)(H,24,28)(H,25,30)/t12-,13+,15?,16-,18-/m0/s1. The summed E-state index contributed by atoms with van der Waals surface area (Å²) in [6.07, 6.45) is 8.45. The number of carbonyl (C=O) groups excluding carboxylic acids is 4. The second kappa shape index (κ2) is 8.68. The zero-order chi connectivity index (χ0) is 22.1. The van der Waals surface area contributed by atoms with Crippen molar-refractivity contribution in [2.24, 2.45) is 18.7 Å². The molecule has 2 bridgehead atoms. The van der Waals surface area contributed by atoms with E-state index in [1.165, 1.54) is 0 Å². The maximum absolute atomic E-state index is 13.6. The van der Waals surface area contributed by atoms with Crippen LogP contribution < -0.4 is 16.4 Å². The summed E-state index contributed by atoms with van der Waals surface area (Å²) in [4.78, 5) is 56.4. The van der Waals surface area contributed by atoms with Crippen LogP contribution in [0.1, 0.15) is 50.6 Å². The number of hydrogen-bond acceptors (Lipinski definition) is 5. The summed E-state index contributed by atoms with van der Waals surface area (Å²) in [6.45, 7) is 0. The number of fused-ring (bicyclic) bond motifs is 2. The van der Waals surface area contributed by atoms with Crippen LogP contribution in [0.5, 0.6) is 0 Å². The van der Waals surface area contributed by atoms with E-state index in [1.807, 2.05) is 7.05 Å². The highest BCUT2D eigenvalue weighted by Crippen LogP contribution is 2.42. The van der Waals surface area contributed by atoms with Crippen LogP contribution >= 0.6 is 0 Å². The van der Waals surface area contributed by atoms with Gasteiger partial charge >= 0.3 is 0 Å². The zero-order valence-electron chi connectivity index (χ0n) is 17.8. The number of piperidine rings is 1. The predicted octanol–water partition coefficient (Wildman–Crippen LogP) is -0.629. The Kier molecular flexibility index (Phi) is 5.97. The summed E-state index contributed by atoms with van der Waals surface area (Å²) in [5.74, 6) is -1.25. The van der Waals surface area contributed by atoms with E-state index in [4.69, 9.17) is 5.73 Å². The van der Waals surface area contributed by atoms with Crippen LogP contribution in [-0.2, 0) is 32.6 Å². The number of amides is 4. The number of nitrogens with zero attached hydrogens (tertiary/aromatic N) is 3. The van der Waals surface area contributed by atoms with Gasteiger partial charge in [-0.15, -0.1) is 0 Å². The Hall–Kier alpha value is -2.91. The molecule has 5 atom stereocenters. The van der Waals surface area contributed by atoms with E-state index in [0.29, 0.717) is 12.8 Å². The van der Waals surface area contributed by atoms with Gasteiger partial charge in [-0.05, 0) is 38.0 Å². The molecule has 3 fully saturated rings. The number of hydrogen-bond donors (Lipinski definition) is 3. The average molecular weight is 431 g/mol. The van der Waals surface area contributed by atoms with Gasteiger partial charge in [-0.1, -0.05) is 6.42 Å². The van der Waals surface area contributed by atoms with E-state index in [-0.39, 0.29) is 36.1 Å². The fourth-order valence-electron chi connectivity index (χ4n) is 5.28. The van der Waals surface area contributed by atoms with Crippen molar-refractivity contribution in [1.29, 1.82) is 0 Å². The first-order chi connectivity index (χ1) is 14.8. The molecule has 2 saturated heterocycles.